The summed E-state index contributed by atoms with van der Waals surface area (Å²) in [4.78, 5) is 8.32. The van der Waals surface area contributed by atoms with Gasteiger partial charge in [0.15, 0.2) is 0 Å². The predicted octanol–water partition coefficient (Wildman–Crippen LogP) is 4.99. The van der Waals surface area contributed by atoms with Crippen LogP contribution < -0.4 is 10.6 Å². The highest BCUT2D eigenvalue weighted by atomic mass is 15.1. The van der Waals surface area contributed by atoms with Crippen molar-refractivity contribution in [1.82, 2.24) is 9.97 Å². The van der Waals surface area contributed by atoms with Crippen LogP contribution in [0.15, 0.2) is 54.7 Å². The fraction of sp³-hybridized carbons (Fsp3) is 0.0909. The van der Waals surface area contributed by atoms with Crippen molar-refractivity contribution in [2.45, 2.75) is 13.8 Å². The summed E-state index contributed by atoms with van der Waals surface area (Å²) in [6.07, 6.45) is -0.269. The van der Waals surface area contributed by atoms with Crippen LogP contribution in [0, 0.1) is 36.5 Å². The minimum Gasteiger partial charge on any atom is -0.340 e. The molecule has 0 saturated heterocycles. The molecule has 0 fully saturated rings. The highest BCUT2D eigenvalue weighted by Crippen LogP contribution is 2.26. The van der Waals surface area contributed by atoms with Gasteiger partial charge in [-0.2, -0.15) is 15.5 Å². The normalized spacial score (nSPS) is 13.0. The molecule has 0 spiro atoms. The molecule has 2 aromatic carbocycles. The smallest absolute Gasteiger partial charge is 0.229 e. The Labute approximate surface area is 169 Å². The van der Waals surface area contributed by atoms with E-state index in [1.54, 1.807) is 56.3 Å². The van der Waals surface area contributed by atoms with Gasteiger partial charge < -0.3 is 10.6 Å². The number of allylic oxidation sites excluding steroid dienone is 1. The maximum atomic E-state index is 8.91. The average molecular weight is 370 g/mol. The first-order valence-corrected chi connectivity index (χ1v) is 8.32. The Morgan fingerprint density at radius 3 is 2.46 bits per heavy atom. The first-order valence-electron chi connectivity index (χ1n) is 10.3. The molecule has 0 atom stereocenters. The zero-order valence-electron chi connectivity index (χ0n) is 19.3. The topological polar surface area (TPSA) is 97.4 Å². The number of hydrogen-bond acceptors (Lipinski definition) is 6. The minimum absolute atomic E-state index is 0.120. The number of aromatic nitrogens is 2. The van der Waals surface area contributed by atoms with Crippen molar-refractivity contribution in [3.05, 3.63) is 76.9 Å². The second kappa shape index (κ2) is 8.48. The van der Waals surface area contributed by atoms with Crippen molar-refractivity contribution in [2.75, 3.05) is 10.6 Å². The summed E-state index contributed by atoms with van der Waals surface area (Å²) in [6, 6.07) is 12.9. The fourth-order valence-corrected chi connectivity index (χ4v) is 2.62. The molecule has 3 aromatic rings. The molecule has 0 saturated carbocycles. The quantitative estimate of drug-likeness (QED) is 0.614. The molecule has 6 heteroatoms. The standard InChI is InChI=1S/C22H18N6/c1-15-12-18(4-3-10-23)13-16(2)21(15)27-20-9-11-25-22(28-20)26-19-7-5-17(14-24)6-8-19/h3-9,11-13H,1-2H3,(H2,25,26,27,28)/b4-3+/i3D,4D,9D,11D. The van der Waals surface area contributed by atoms with Crippen molar-refractivity contribution in [2.24, 2.45) is 0 Å². The summed E-state index contributed by atoms with van der Waals surface area (Å²) in [7, 11) is 0. The maximum Gasteiger partial charge on any atom is 0.229 e. The zero-order valence-corrected chi connectivity index (χ0v) is 15.3. The third-order valence-electron chi connectivity index (χ3n) is 3.86. The van der Waals surface area contributed by atoms with Crippen molar-refractivity contribution in [3.8, 4) is 12.1 Å². The van der Waals surface area contributed by atoms with Crippen LogP contribution in [0.5, 0.6) is 0 Å². The number of hydrogen-bond donors (Lipinski definition) is 2. The number of aryl methyl sites for hydroxylation is 2. The lowest BCUT2D eigenvalue weighted by Crippen LogP contribution is -2.02. The predicted molar refractivity (Wildman–Crippen MR) is 110 cm³/mol. The van der Waals surface area contributed by atoms with E-state index in [1.807, 2.05) is 6.07 Å². The van der Waals surface area contributed by atoms with Crippen molar-refractivity contribution >= 4 is 29.2 Å². The molecule has 0 aliphatic carbocycles. The summed E-state index contributed by atoms with van der Waals surface area (Å²) < 4.78 is 31.7. The second-order valence-electron chi connectivity index (χ2n) is 5.92. The number of benzene rings is 2. The lowest BCUT2D eigenvalue weighted by atomic mass is 10.0. The number of nitrogens with zero attached hydrogens (tertiary/aromatic N) is 4. The molecule has 1 aromatic heterocycles. The van der Waals surface area contributed by atoms with E-state index in [2.05, 4.69) is 20.6 Å². The summed E-state index contributed by atoms with van der Waals surface area (Å²) in [5, 5.41) is 23.8. The van der Waals surface area contributed by atoms with E-state index in [4.69, 9.17) is 16.0 Å². The SMILES string of the molecule is [2H]/C(C#N)=C(/[2H])c1cc(C)c(Nc2nc(Nc3ccc(C#N)cc3)nc([2H])c2[2H])c(C)c1. The van der Waals surface area contributed by atoms with Gasteiger partial charge >= 0.3 is 0 Å². The molecule has 0 radical (unpaired) electrons. The van der Waals surface area contributed by atoms with Crippen LogP contribution in [0.1, 0.15) is 27.7 Å². The first kappa shape index (κ1) is 14.0. The van der Waals surface area contributed by atoms with Crippen LogP contribution in [0.4, 0.5) is 23.1 Å². The lowest BCUT2D eigenvalue weighted by molar-refractivity contribution is 1.16. The molecule has 2 N–H and O–H groups in total. The first-order chi connectivity index (χ1) is 15.2. The van der Waals surface area contributed by atoms with Crippen LogP contribution in [-0.2, 0) is 0 Å². The van der Waals surface area contributed by atoms with Gasteiger partial charge in [0.1, 0.15) is 5.82 Å². The van der Waals surface area contributed by atoms with Gasteiger partial charge in [-0.1, -0.05) is 0 Å². The molecule has 0 aliphatic rings. The third-order valence-corrected chi connectivity index (χ3v) is 3.86. The Bertz CT molecular complexity index is 1280. The summed E-state index contributed by atoms with van der Waals surface area (Å²) in [5.41, 5.74) is 3.66. The molecule has 0 amide bonds. The third kappa shape index (κ3) is 4.51. The van der Waals surface area contributed by atoms with Crippen LogP contribution in [-0.4, -0.2) is 9.97 Å². The van der Waals surface area contributed by atoms with Gasteiger partial charge in [-0.05, 0) is 79.0 Å². The summed E-state index contributed by atoms with van der Waals surface area (Å²) >= 11 is 0. The number of nitriles is 2. The van der Waals surface area contributed by atoms with E-state index >= 15 is 0 Å². The molecule has 0 aliphatic heterocycles. The van der Waals surface area contributed by atoms with Gasteiger partial charge in [0, 0.05) is 23.6 Å². The largest absolute Gasteiger partial charge is 0.340 e. The van der Waals surface area contributed by atoms with Gasteiger partial charge in [0.25, 0.3) is 0 Å². The van der Waals surface area contributed by atoms with Crippen LogP contribution in [0.3, 0.4) is 0 Å². The van der Waals surface area contributed by atoms with Gasteiger partial charge in [-0.3, -0.25) is 0 Å². The van der Waals surface area contributed by atoms with Crippen LogP contribution in [0.2, 0.25) is 0 Å². The van der Waals surface area contributed by atoms with E-state index in [0.717, 1.165) is 11.1 Å². The zero-order chi connectivity index (χ0) is 23.4. The monoisotopic (exact) mass is 370 g/mol. The Morgan fingerprint density at radius 1 is 1.11 bits per heavy atom. The number of anilines is 4. The fourth-order valence-electron chi connectivity index (χ4n) is 2.62. The van der Waals surface area contributed by atoms with E-state index in [-0.39, 0.29) is 30.0 Å². The van der Waals surface area contributed by atoms with Crippen LogP contribution >= 0.6 is 0 Å². The molecule has 136 valence electrons. The summed E-state index contributed by atoms with van der Waals surface area (Å²) in [6.45, 7) is 3.59. The molecule has 3 rings (SSSR count). The van der Waals surface area contributed by atoms with E-state index < -0.39 is 6.05 Å². The Hall–Kier alpha value is -4.16. The highest BCUT2D eigenvalue weighted by Gasteiger charge is 2.07. The number of nitrogens with one attached hydrogen (secondary N) is 2. The van der Waals surface area contributed by atoms with Crippen molar-refractivity contribution in [1.29, 1.82) is 10.5 Å². The second-order valence-corrected chi connectivity index (χ2v) is 5.92. The van der Waals surface area contributed by atoms with Crippen LogP contribution in [0.25, 0.3) is 6.05 Å². The maximum absolute atomic E-state index is 8.91. The van der Waals surface area contributed by atoms with E-state index in [0.29, 0.717) is 22.5 Å². The van der Waals surface area contributed by atoms with E-state index in [9.17, 15) is 0 Å². The van der Waals surface area contributed by atoms with Crippen molar-refractivity contribution < 1.29 is 5.48 Å². The summed E-state index contributed by atoms with van der Waals surface area (Å²) in [5.74, 6) is 0.245. The highest BCUT2D eigenvalue weighted by molar-refractivity contribution is 5.69. The molecule has 0 unspecified atom stereocenters. The Morgan fingerprint density at radius 2 is 1.82 bits per heavy atom. The number of rotatable bonds is 5. The molecule has 6 nitrogen and oxygen atoms in total. The Balaban J connectivity index is 1.95. The molecule has 1 heterocycles. The Kier molecular flexibility index (Phi) is 4.23. The molecule has 0 bridgehead atoms. The van der Waals surface area contributed by atoms with E-state index in [1.165, 1.54) is 0 Å². The average Bonchev–Trinajstić information content (AvgIpc) is 2.78. The lowest BCUT2D eigenvalue weighted by Gasteiger charge is -2.14. The molecular weight excluding hydrogens is 348 g/mol. The molecule has 28 heavy (non-hydrogen) atoms. The van der Waals surface area contributed by atoms with Gasteiger partial charge in [0.05, 0.1) is 23.2 Å². The van der Waals surface area contributed by atoms with Crippen molar-refractivity contribution in [3.63, 3.8) is 0 Å². The van der Waals surface area contributed by atoms with Gasteiger partial charge in [-0.15, -0.1) is 0 Å². The molecular formula is C22H18N6. The van der Waals surface area contributed by atoms with Gasteiger partial charge in [-0.25, -0.2) is 4.98 Å². The minimum atomic E-state index is -0.425. The van der Waals surface area contributed by atoms with Gasteiger partial charge in [0.2, 0.25) is 5.95 Å².